The Labute approximate surface area is 177 Å². The molecule has 162 valence electrons. The molecule has 2 aromatic rings. The van der Waals surface area contributed by atoms with Crippen molar-refractivity contribution in [2.45, 2.75) is 78.4 Å². The zero-order valence-corrected chi connectivity index (χ0v) is 18.2. The number of nitrogens with one attached hydrogen (secondary N) is 1. The van der Waals surface area contributed by atoms with Gasteiger partial charge in [0, 0.05) is 11.1 Å². The van der Waals surface area contributed by atoms with Gasteiger partial charge in [-0.05, 0) is 63.8 Å². The van der Waals surface area contributed by atoms with Crippen LogP contribution >= 0.6 is 0 Å². The lowest BCUT2D eigenvalue weighted by Crippen LogP contribution is -2.49. The topological polar surface area (TPSA) is 98.5 Å². The third kappa shape index (κ3) is 5.80. The minimum atomic E-state index is -0.0399. The fourth-order valence-electron chi connectivity index (χ4n) is 3.92. The first kappa shape index (κ1) is 23.4. The summed E-state index contributed by atoms with van der Waals surface area (Å²) >= 11 is 0. The number of hydrogen-bond acceptors (Lipinski definition) is 6. The molecule has 1 aliphatic carbocycles. The molecule has 3 rings (SSSR count). The SMILES string of the molecule is CCC1(NC(=O)c2ccc(OCc3c(C)noc3C)c(C)c2)CCCCC1.O=C=O. The fraction of sp³-hybridized carbons (Fsp3) is 0.522. The van der Waals surface area contributed by atoms with E-state index in [1.165, 1.54) is 19.3 Å². The third-order valence-corrected chi connectivity index (χ3v) is 5.86. The lowest BCUT2D eigenvalue weighted by Gasteiger charge is -2.37. The van der Waals surface area contributed by atoms with Gasteiger partial charge in [0.1, 0.15) is 18.1 Å². The van der Waals surface area contributed by atoms with Crippen molar-refractivity contribution in [2.24, 2.45) is 0 Å². The summed E-state index contributed by atoms with van der Waals surface area (Å²) in [5.41, 5.74) is 3.41. The monoisotopic (exact) mass is 414 g/mol. The fourth-order valence-corrected chi connectivity index (χ4v) is 3.92. The maximum Gasteiger partial charge on any atom is 0.373 e. The third-order valence-electron chi connectivity index (χ3n) is 5.86. The van der Waals surface area contributed by atoms with E-state index in [4.69, 9.17) is 18.8 Å². The van der Waals surface area contributed by atoms with Gasteiger partial charge in [-0.2, -0.15) is 9.59 Å². The number of amides is 1. The molecule has 0 saturated heterocycles. The number of rotatable bonds is 6. The smallest absolute Gasteiger partial charge is 0.373 e. The van der Waals surface area contributed by atoms with Crippen molar-refractivity contribution in [3.8, 4) is 5.75 Å². The van der Waals surface area contributed by atoms with Crippen LogP contribution in [0.4, 0.5) is 0 Å². The molecule has 0 unspecified atom stereocenters. The Hall–Kier alpha value is -2.92. The maximum absolute atomic E-state index is 12.8. The van der Waals surface area contributed by atoms with Crippen molar-refractivity contribution in [3.05, 3.63) is 46.3 Å². The second-order valence-electron chi connectivity index (χ2n) is 7.80. The summed E-state index contributed by atoms with van der Waals surface area (Å²) in [5, 5.41) is 7.26. The van der Waals surface area contributed by atoms with Crippen molar-refractivity contribution in [2.75, 3.05) is 0 Å². The normalized spacial score (nSPS) is 14.8. The van der Waals surface area contributed by atoms with Crippen LogP contribution < -0.4 is 10.1 Å². The van der Waals surface area contributed by atoms with Crippen LogP contribution in [0.15, 0.2) is 22.7 Å². The predicted molar refractivity (Wildman–Crippen MR) is 110 cm³/mol. The maximum atomic E-state index is 12.8. The number of benzene rings is 1. The van der Waals surface area contributed by atoms with Crippen LogP contribution in [0.25, 0.3) is 0 Å². The number of aromatic nitrogens is 1. The summed E-state index contributed by atoms with van der Waals surface area (Å²) in [5.74, 6) is 1.56. The molecule has 1 heterocycles. The largest absolute Gasteiger partial charge is 0.488 e. The van der Waals surface area contributed by atoms with Crippen molar-refractivity contribution in [1.29, 1.82) is 0 Å². The van der Waals surface area contributed by atoms with E-state index in [-0.39, 0.29) is 17.6 Å². The first-order valence-electron chi connectivity index (χ1n) is 10.3. The Kier molecular flexibility index (Phi) is 8.36. The quantitative estimate of drug-likeness (QED) is 0.750. The van der Waals surface area contributed by atoms with E-state index in [1.54, 1.807) is 0 Å². The van der Waals surface area contributed by atoms with Gasteiger partial charge in [0.15, 0.2) is 0 Å². The second kappa shape index (κ2) is 10.7. The van der Waals surface area contributed by atoms with E-state index < -0.39 is 0 Å². The van der Waals surface area contributed by atoms with E-state index in [1.807, 2.05) is 39.0 Å². The summed E-state index contributed by atoms with van der Waals surface area (Å²) in [4.78, 5) is 29.1. The van der Waals surface area contributed by atoms with Crippen LogP contribution in [0.5, 0.6) is 5.75 Å². The van der Waals surface area contributed by atoms with Crippen LogP contribution in [0.3, 0.4) is 0 Å². The molecule has 1 aromatic heterocycles. The van der Waals surface area contributed by atoms with Crippen LogP contribution in [0, 0.1) is 20.8 Å². The van der Waals surface area contributed by atoms with Gasteiger partial charge in [0.05, 0.1) is 11.3 Å². The van der Waals surface area contributed by atoms with Crippen LogP contribution in [0.1, 0.15) is 78.4 Å². The van der Waals surface area contributed by atoms with Gasteiger partial charge in [-0.1, -0.05) is 31.3 Å². The highest BCUT2D eigenvalue weighted by Crippen LogP contribution is 2.31. The Morgan fingerprint density at radius 3 is 2.40 bits per heavy atom. The molecule has 0 bridgehead atoms. The Bertz CT molecular complexity index is 871. The zero-order valence-electron chi connectivity index (χ0n) is 18.2. The van der Waals surface area contributed by atoms with Crippen LogP contribution in [-0.4, -0.2) is 22.8 Å². The van der Waals surface area contributed by atoms with Gasteiger partial charge in [0.25, 0.3) is 5.91 Å². The molecule has 0 atom stereocenters. The van der Waals surface area contributed by atoms with Crippen molar-refractivity contribution in [1.82, 2.24) is 10.5 Å². The molecular weight excluding hydrogens is 384 g/mol. The summed E-state index contributed by atoms with van der Waals surface area (Å²) in [6, 6.07) is 5.63. The van der Waals surface area contributed by atoms with Crippen molar-refractivity contribution < 1.29 is 23.6 Å². The van der Waals surface area contributed by atoms with Gasteiger partial charge in [-0.25, -0.2) is 0 Å². The number of hydrogen-bond donors (Lipinski definition) is 1. The predicted octanol–water partition coefficient (Wildman–Crippen LogP) is 4.44. The number of ether oxygens (including phenoxy) is 1. The number of carbonyl (C=O) groups excluding carboxylic acids is 3. The molecule has 1 fully saturated rings. The summed E-state index contributed by atoms with van der Waals surface area (Å²) < 4.78 is 11.1. The molecule has 0 aliphatic heterocycles. The standard InChI is InChI=1S/C22H30N2O3.CO2/c1-5-22(11-7-6-8-12-22)23-21(25)18-9-10-20(15(2)13-18)26-14-19-16(3)24-27-17(19)4;2-1-3/h9-10,13H,5-8,11-12,14H2,1-4H3,(H,23,25);. The molecule has 30 heavy (non-hydrogen) atoms. The first-order chi connectivity index (χ1) is 14.4. The van der Waals surface area contributed by atoms with Crippen molar-refractivity contribution >= 4 is 12.1 Å². The summed E-state index contributed by atoms with van der Waals surface area (Å²) in [7, 11) is 0. The minimum Gasteiger partial charge on any atom is -0.488 e. The van der Waals surface area contributed by atoms with Crippen LogP contribution in [0.2, 0.25) is 0 Å². The molecule has 1 aromatic carbocycles. The van der Waals surface area contributed by atoms with Gasteiger partial charge in [0.2, 0.25) is 0 Å². The molecular formula is C23H30N2O5. The van der Waals surface area contributed by atoms with Crippen molar-refractivity contribution in [3.63, 3.8) is 0 Å². The van der Waals surface area contributed by atoms with E-state index >= 15 is 0 Å². The van der Waals surface area contributed by atoms with E-state index in [0.717, 1.165) is 47.6 Å². The molecule has 0 radical (unpaired) electrons. The number of aryl methyl sites for hydroxylation is 3. The highest BCUT2D eigenvalue weighted by atomic mass is 16.5. The minimum absolute atomic E-state index is 0.0131. The Balaban J connectivity index is 0.00000101. The van der Waals surface area contributed by atoms with Crippen LogP contribution in [-0.2, 0) is 16.2 Å². The molecule has 1 N–H and O–H groups in total. The van der Waals surface area contributed by atoms with Gasteiger partial charge in [-0.3, -0.25) is 4.79 Å². The molecule has 1 saturated carbocycles. The zero-order chi connectivity index (χ0) is 22.1. The average molecular weight is 415 g/mol. The molecule has 1 aliphatic rings. The molecule has 7 heteroatoms. The number of nitrogens with zero attached hydrogens (tertiary/aromatic N) is 1. The molecule has 1 amide bonds. The first-order valence-corrected chi connectivity index (χ1v) is 10.3. The van der Waals surface area contributed by atoms with E-state index in [9.17, 15) is 4.79 Å². The lowest BCUT2D eigenvalue weighted by molar-refractivity contribution is -0.191. The Morgan fingerprint density at radius 1 is 1.20 bits per heavy atom. The Morgan fingerprint density at radius 2 is 1.87 bits per heavy atom. The van der Waals surface area contributed by atoms with Gasteiger partial charge >= 0.3 is 6.15 Å². The van der Waals surface area contributed by atoms with E-state index in [0.29, 0.717) is 12.2 Å². The van der Waals surface area contributed by atoms with Gasteiger partial charge < -0.3 is 14.6 Å². The second-order valence-corrected chi connectivity index (χ2v) is 7.80. The van der Waals surface area contributed by atoms with E-state index in [2.05, 4.69) is 17.4 Å². The highest BCUT2D eigenvalue weighted by Gasteiger charge is 2.31. The number of carbonyl (C=O) groups is 1. The van der Waals surface area contributed by atoms with Gasteiger partial charge in [-0.15, -0.1) is 0 Å². The molecule has 7 nitrogen and oxygen atoms in total. The summed E-state index contributed by atoms with van der Waals surface area (Å²) in [6.45, 7) is 8.34. The summed E-state index contributed by atoms with van der Waals surface area (Å²) in [6.07, 6.45) is 7.05. The highest BCUT2D eigenvalue weighted by molar-refractivity contribution is 5.95. The lowest BCUT2D eigenvalue weighted by atomic mass is 9.79. The average Bonchev–Trinajstić information content (AvgIpc) is 3.06. The molecule has 0 spiro atoms.